The van der Waals surface area contributed by atoms with Gasteiger partial charge in [-0.15, -0.1) is 0 Å². The van der Waals surface area contributed by atoms with Gasteiger partial charge in [-0.1, -0.05) is 39.8 Å². The van der Waals surface area contributed by atoms with E-state index in [1.807, 2.05) is 6.07 Å². The van der Waals surface area contributed by atoms with Gasteiger partial charge in [-0.25, -0.2) is 0 Å². The van der Waals surface area contributed by atoms with Crippen molar-refractivity contribution < 1.29 is 4.74 Å². The van der Waals surface area contributed by atoms with Crippen molar-refractivity contribution in [3.8, 4) is 5.75 Å². The maximum atomic E-state index is 6.04. The molecule has 0 fully saturated rings. The third-order valence-electron chi connectivity index (χ3n) is 3.08. The van der Waals surface area contributed by atoms with Gasteiger partial charge in [0.1, 0.15) is 11.9 Å². The average Bonchev–Trinajstić information content (AvgIpc) is 2.38. The van der Waals surface area contributed by atoms with Crippen molar-refractivity contribution >= 4 is 0 Å². The van der Waals surface area contributed by atoms with Gasteiger partial charge in [-0.3, -0.25) is 0 Å². The van der Waals surface area contributed by atoms with E-state index in [0.29, 0.717) is 5.92 Å². The van der Waals surface area contributed by atoms with Crippen molar-refractivity contribution in [3.63, 3.8) is 0 Å². The zero-order chi connectivity index (χ0) is 13.4. The fraction of sp³-hybridized carbons (Fsp3) is 0.625. The van der Waals surface area contributed by atoms with Crippen LogP contribution in [0.1, 0.15) is 52.0 Å². The number of ether oxygens (including phenoxy) is 1. The van der Waals surface area contributed by atoms with Crippen LogP contribution in [-0.4, -0.2) is 19.2 Å². The summed E-state index contributed by atoms with van der Waals surface area (Å²) in [6.07, 6.45) is 2.46. The van der Waals surface area contributed by atoms with Crippen molar-refractivity contribution in [3.05, 3.63) is 29.8 Å². The minimum Gasteiger partial charge on any atom is -0.489 e. The molecule has 0 radical (unpaired) electrons. The Balaban J connectivity index is 2.55. The van der Waals surface area contributed by atoms with Gasteiger partial charge in [0.2, 0.25) is 0 Å². The summed E-state index contributed by atoms with van der Waals surface area (Å²) in [7, 11) is 0. The molecule has 18 heavy (non-hydrogen) atoms. The van der Waals surface area contributed by atoms with Gasteiger partial charge in [0.25, 0.3) is 0 Å². The Bertz CT molecular complexity index is 336. The third kappa shape index (κ3) is 5.09. The SMILES string of the molecule is CCCNCC(CC)Oc1cccc(C(C)C)c1. The van der Waals surface area contributed by atoms with E-state index in [2.05, 4.69) is 51.2 Å². The number of benzene rings is 1. The van der Waals surface area contributed by atoms with Gasteiger partial charge in [0.05, 0.1) is 0 Å². The predicted molar refractivity (Wildman–Crippen MR) is 78.4 cm³/mol. The van der Waals surface area contributed by atoms with Crippen LogP contribution in [0.15, 0.2) is 24.3 Å². The first kappa shape index (κ1) is 15.0. The summed E-state index contributed by atoms with van der Waals surface area (Å²) in [6, 6.07) is 8.45. The van der Waals surface area contributed by atoms with Crippen molar-refractivity contribution in [1.29, 1.82) is 0 Å². The summed E-state index contributed by atoms with van der Waals surface area (Å²) < 4.78 is 6.04. The standard InChI is InChI=1S/C16H27NO/c1-5-10-17-12-15(6-2)18-16-9-7-8-14(11-16)13(3)4/h7-9,11,13,15,17H,5-6,10,12H2,1-4H3. The summed E-state index contributed by atoms with van der Waals surface area (Å²) in [5.41, 5.74) is 1.34. The highest BCUT2D eigenvalue weighted by Crippen LogP contribution is 2.21. The first-order valence-corrected chi connectivity index (χ1v) is 7.14. The minimum atomic E-state index is 0.263. The summed E-state index contributed by atoms with van der Waals surface area (Å²) in [6.45, 7) is 10.8. The van der Waals surface area contributed by atoms with E-state index in [1.54, 1.807) is 0 Å². The molecule has 2 nitrogen and oxygen atoms in total. The Hall–Kier alpha value is -1.02. The Morgan fingerprint density at radius 2 is 2.00 bits per heavy atom. The molecule has 0 aromatic heterocycles. The van der Waals surface area contributed by atoms with Gasteiger partial charge in [0.15, 0.2) is 0 Å². The summed E-state index contributed by atoms with van der Waals surface area (Å²) >= 11 is 0. The molecule has 2 heteroatoms. The molecule has 0 saturated heterocycles. The lowest BCUT2D eigenvalue weighted by Gasteiger charge is -2.19. The lowest BCUT2D eigenvalue weighted by Crippen LogP contribution is -2.31. The van der Waals surface area contributed by atoms with Crippen LogP contribution in [0.5, 0.6) is 5.75 Å². The molecule has 1 N–H and O–H groups in total. The van der Waals surface area contributed by atoms with Crippen LogP contribution < -0.4 is 10.1 Å². The number of nitrogens with one attached hydrogen (secondary N) is 1. The highest BCUT2D eigenvalue weighted by Gasteiger charge is 2.08. The molecule has 0 aliphatic rings. The van der Waals surface area contributed by atoms with Crippen LogP contribution in [0.3, 0.4) is 0 Å². The van der Waals surface area contributed by atoms with Gasteiger partial charge in [0, 0.05) is 6.54 Å². The van der Waals surface area contributed by atoms with E-state index in [1.165, 1.54) is 12.0 Å². The van der Waals surface area contributed by atoms with Crippen LogP contribution in [0, 0.1) is 0 Å². The Morgan fingerprint density at radius 3 is 2.61 bits per heavy atom. The van der Waals surface area contributed by atoms with E-state index in [9.17, 15) is 0 Å². The van der Waals surface area contributed by atoms with Crippen molar-refractivity contribution in [2.45, 2.75) is 52.6 Å². The van der Waals surface area contributed by atoms with E-state index < -0.39 is 0 Å². The first-order chi connectivity index (χ1) is 8.67. The van der Waals surface area contributed by atoms with Crippen LogP contribution >= 0.6 is 0 Å². The maximum absolute atomic E-state index is 6.04. The van der Waals surface area contributed by atoms with Crippen LogP contribution in [0.25, 0.3) is 0 Å². The normalized spacial score (nSPS) is 12.7. The molecule has 0 aliphatic heterocycles. The predicted octanol–water partition coefficient (Wildman–Crippen LogP) is 3.97. The van der Waals surface area contributed by atoms with Gasteiger partial charge in [-0.2, -0.15) is 0 Å². The zero-order valence-electron chi connectivity index (χ0n) is 12.2. The van der Waals surface area contributed by atoms with E-state index in [4.69, 9.17) is 4.74 Å². The van der Waals surface area contributed by atoms with Gasteiger partial charge >= 0.3 is 0 Å². The lowest BCUT2D eigenvalue weighted by molar-refractivity contribution is 0.193. The molecule has 102 valence electrons. The van der Waals surface area contributed by atoms with Crippen LogP contribution in [0.2, 0.25) is 0 Å². The highest BCUT2D eigenvalue weighted by molar-refractivity contribution is 5.30. The smallest absolute Gasteiger partial charge is 0.120 e. The molecular weight excluding hydrogens is 222 g/mol. The summed E-state index contributed by atoms with van der Waals surface area (Å²) in [5.74, 6) is 1.54. The minimum absolute atomic E-state index is 0.263. The van der Waals surface area contributed by atoms with Crippen molar-refractivity contribution in [1.82, 2.24) is 5.32 Å². The van der Waals surface area contributed by atoms with Crippen LogP contribution in [-0.2, 0) is 0 Å². The molecule has 1 aromatic rings. The highest BCUT2D eigenvalue weighted by atomic mass is 16.5. The zero-order valence-corrected chi connectivity index (χ0v) is 12.2. The van der Waals surface area contributed by atoms with Gasteiger partial charge in [-0.05, 0) is 43.0 Å². The monoisotopic (exact) mass is 249 g/mol. The second-order valence-corrected chi connectivity index (χ2v) is 5.08. The van der Waals surface area contributed by atoms with E-state index in [-0.39, 0.29) is 6.10 Å². The fourth-order valence-corrected chi connectivity index (χ4v) is 1.85. The molecule has 1 atom stereocenters. The molecular formula is C16H27NO. The Kier molecular flexibility index (Phi) is 6.81. The van der Waals surface area contributed by atoms with Crippen LogP contribution in [0.4, 0.5) is 0 Å². The summed E-state index contributed by atoms with van der Waals surface area (Å²) in [5, 5.41) is 3.42. The number of rotatable bonds is 8. The van der Waals surface area contributed by atoms with Crippen molar-refractivity contribution in [2.75, 3.05) is 13.1 Å². The molecule has 0 heterocycles. The Morgan fingerprint density at radius 1 is 1.22 bits per heavy atom. The lowest BCUT2D eigenvalue weighted by atomic mass is 10.0. The molecule has 0 spiro atoms. The maximum Gasteiger partial charge on any atom is 0.120 e. The number of hydrogen-bond donors (Lipinski definition) is 1. The number of hydrogen-bond acceptors (Lipinski definition) is 2. The summed E-state index contributed by atoms with van der Waals surface area (Å²) in [4.78, 5) is 0. The largest absolute Gasteiger partial charge is 0.489 e. The first-order valence-electron chi connectivity index (χ1n) is 7.14. The molecule has 0 saturated carbocycles. The van der Waals surface area contributed by atoms with E-state index >= 15 is 0 Å². The van der Waals surface area contributed by atoms with Gasteiger partial charge < -0.3 is 10.1 Å². The average molecular weight is 249 g/mol. The molecule has 1 unspecified atom stereocenters. The molecule has 1 rings (SSSR count). The van der Waals surface area contributed by atoms with E-state index in [0.717, 1.165) is 25.3 Å². The topological polar surface area (TPSA) is 21.3 Å². The molecule has 0 bridgehead atoms. The Labute approximate surface area is 112 Å². The fourth-order valence-electron chi connectivity index (χ4n) is 1.85. The third-order valence-corrected chi connectivity index (χ3v) is 3.08. The molecule has 0 amide bonds. The second-order valence-electron chi connectivity index (χ2n) is 5.08. The quantitative estimate of drug-likeness (QED) is 0.704. The molecule has 0 aliphatic carbocycles. The van der Waals surface area contributed by atoms with Crippen molar-refractivity contribution in [2.24, 2.45) is 0 Å². The molecule has 1 aromatic carbocycles. The second kappa shape index (κ2) is 8.15.